The molecule has 2 atom stereocenters. The van der Waals surface area contributed by atoms with E-state index in [1.165, 1.54) is 32.4 Å². The first-order valence-electron chi connectivity index (χ1n) is 6.24. The molecule has 90 valence electrons. The van der Waals surface area contributed by atoms with E-state index in [0.29, 0.717) is 12.0 Å². The highest BCUT2D eigenvalue weighted by Gasteiger charge is 2.24. The van der Waals surface area contributed by atoms with E-state index in [0.717, 1.165) is 13.1 Å². The lowest BCUT2D eigenvalue weighted by Crippen LogP contribution is -2.43. The Morgan fingerprint density at radius 2 is 2.07 bits per heavy atom. The molecule has 1 aliphatic heterocycles. The van der Waals surface area contributed by atoms with E-state index in [4.69, 9.17) is 5.73 Å². The standard InChI is InChI=1S/C12H27N3/c1-11-12(10-13)6-4-5-7-15(11)9-8-14(2)3/h11-12H,4-10,13H2,1-3H3/t11-,12-/m1/s1. The summed E-state index contributed by atoms with van der Waals surface area (Å²) in [7, 11) is 4.28. The van der Waals surface area contributed by atoms with E-state index < -0.39 is 0 Å². The number of nitrogens with two attached hydrogens (primary N) is 1. The van der Waals surface area contributed by atoms with E-state index in [1.54, 1.807) is 0 Å². The summed E-state index contributed by atoms with van der Waals surface area (Å²) in [6, 6.07) is 0.664. The van der Waals surface area contributed by atoms with Gasteiger partial charge in [0.15, 0.2) is 0 Å². The van der Waals surface area contributed by atoms with Crippen LogP contribution in [0.5, 0.6) is 0 Å². The Morgan fingerprint density at radius 1 is 1.33 bits per heavy atom. The third-order valence-electron chi connectivity index (χ3n) is 3.67. The lowest BCUT2D eigenvalue weighted by Gasteiger charge is -2.32. The highest BCUT2D eigenvalue weighted by atomic mass is 15.2. The second kappa shape index (κ2) is 6.46. The highest BCUT2D eigenvalue weighted by molar-refractivity contribution is 4.80. The van der Waals surface area contributed by atoms with Gasteiger partial charge in [0, 0.05) is 19.1 Å². The smallest absolute Gasteiger partial charge is 0.0112 e. The fraction of sp³-hybridized carbons (Fsp3) is 1.00. The summed E-state index contributed by atoms with van der Waals surface area (Å²) in [6.45, 7) is 6.79. The van der Waals surface area contributed by atoms with Crippen molar-refractivity contribution in [3.63, 3.8) is 0 Å². The molecule has 0 spiro atoms. The van der Waals surface area contributed by atoms with Gasteiger partial charge in [0.1, 0.15) is 0 Å². The number of hydrogen-bond donors (Lipinski definition) is 1. The van der Waals surface area contributed by atoms with Crippen molar-refractivity contribution in [2.24, 2.45) is 11.7 Å². The van der Waals surface area contributed by atoms with Crippen LogP contribution in [-0.4, -0.2) is 56.1 Å². The quantitative estimate of drug-likeness (QED) is 0.756. The molecule has 0 aromatic rings. The Labute approximate surface area is 94.6 Å². The fourth-order valence-electron chi connectivity index (χ4n) is 2.42. The SMILES string of the molecule is C[C@@H]1[C@@H](CN)CCCCN1CCN(C)C. The van der Waals surface area contributed by atoms with Crippen LogP contribution >= 0.6 is 0 Å². The van der Waals surface area contributed by atoms with Crippen LogP contribution in [0, 0.1) is 5.92 Å². The molecule has 2 N–H and O–H groups in total. The van der Waals surface area contributed by atoms with Crippen LogP contribution < -0.4 is 5.73 Å². The molecular weight excluding hydrogens is 186 g/mol. The van der Waals surface area contributed by atoms with Crippen LogP contribution in [-0.2, 0) is 0 Å². The number of rotatable bonds is 4. The molecule has 0 amide bonds. The van der Waals surface area contributed by atoms with Gasteiger partial charge >= 0.3 is 0 Å². The van der Waals surface area contributed by atoms with Crippen molar-refractivity contribution >= 4 is 0 Å². The summed E-state index contributed by atoms with van der Waals surface area (Å²) in [4.78, 5) is 4.87. The van der Waals surface area contributed by atoms with Gasteiger partial charge in [-0.25, -0.2) is 0 Å². The van der Waals surface area contributed by atoms with Gasteiger partial charge in [0.05, 0.1) is 0 Å². The highest BCUT2D eigenvalue weighted by Crippen LogP contribution is 2.21. The van der Waals surface area contributed by atoms with Gasteiger partial charge in [0.25, 0.3) is 0 Å². The third-order valence-corrected chi connectivity index (χ3v) is 3.67. The molecule has 3 heteroatoms. The maximum atomic E-state index is 5.84. The molecule has 0 aliphatic carbocycles. The molecule has 0 bridgehead atoms. The van der Waals surface area contributed by atoms with E-state index in [2.05, 4.69) is 30.8 Å². The second-order valence-electron chi connectivity index (χ2n) is 5.07. The molecule has 1 saturated heterocycles. The predicted molar refractivity (Wildman–Crippen MR) is 66.0 cm³/mol. The van der Waals surface area contributed by atoms with Crippen LogP contribution in [0.3, 0.4) is 0 Å². The van der Waals surface area contributed by atoms with E-state index >= 15 is 0 Å². The van der Waals surface area contributed by atoms with Gasteiger partial charge in [0.2, 0.25) is 0 Å². The summed E-state index contributed by atoms with van der Waals surface area (Å²) >= 11 is 0. The fourth-order valence-corrected chi connectivity index (χ4v) is 2.42. The van der Waals surface area contributed by atoms with Crippen molar-refractivity contribution in [1.29, 1.82) is 0 Å². The Morgan fingerprint density at radius 3 is 2.67 bits per heavy atom. The van der Waals surface area contributed by atoms with Crippen molar-refractivity contribution < 1.29 is 0 Å². The predicted octanol–water partition coefficient (Wildman–Crippen LogP) is 0.997. The molecule has 1 heterocycles. The monoisotopic (exact) mass is 213 g/mol. The van der Waals surface area contributed by atoms with Crippen LogP contribution in [0.15, 0.2) is 0 Å². The number of hydrogen-bond acceptors (Lipinski definition) is 3. The minimum absolute atomic E-state index is 0.664. The Bertz CT molecular complexity index is 170. The van der Waals surface area contributed by atoms with Gasteiger partial charge in [-0.05, 0) is 52.9 Å². The Hall–Kier alpha value is -0.120. The summed E-state index contributed by atoms with van der Waals surface area (Å²) in [6.07, 6.45) is 4.01. The molecule has 15 heavy (non-hydrogen) atoms. The zero-order valence-corrected chi connectivity index (χ0v) is 10.6. The largest absolute Gasteiger partial charge is 0.330 e. The molecular formula is C12H27N3. The third kappa shape index (κ3) is 4.09. The molecule has 0 unspecified atom stereocenters. The molecule has 0 radical (unpaired) electrons. The maximum Gasteiger partial charge on any atom is 0.0112 e. The summed E-state index contributed by atoms with van der Waals surface area (Å²) in [5.41, 5.74) is 5.84. The van der Waals surface area contributed by atoms with Gasteiger partial charge in [-0.3, -0.25) is 4.90 Å². The summed E-state index contributed by atoms with van der Waals surface area (Å²) in [5, 5.41) is 0. The average molecular weight is 213 g/mol. The minimum atomic E-state index is 0.664. The van der Waals surface area contributed by atoms with E-state index in [1.807, 2.05) is 0 Å². The maximum absolute atomic E-state index is 5.84. The van der Waals surface area contributed by atoms with Crippen molar-refractivity contribution in [3.05, 3.63) is 0 Å². The molecule has 0 saturated carbocycles. The lowest BCUT2D eigenvalue weighted by atomic mass is 9.96. The first-order valence-corrected chi connectivity index (χ1v) is 6.24. The summed E-state index contributed by atoms with van der Waals surface area (Å²) < 4.78 is 0. The first kappa shape index (κ1) is 12.9. The van der Waals surface area contributed by atoms with E-state index in [9.17, 15) is 0 Å². The number of likely N-dealkylation sites (N-methyl/N-ethyl adjacent to an activating group) is 1. The first-order chi connectivity index (χ1) is 7.15. The van der Waals surface area contributed by atoms with Crippen LogP contribution in [0.4, 0.5) is 0 Å². The summed E-state index contributed by atoms with van der Waals surface area (Å²) in [5.74, 6) is 0.703. The molecule has 1 fully saturated rings. The van der Waals surface area contributed by atoms with E-state index in [-0.39, 0.29) is 0 Å². The normalized spacial score (nSPS) is 29.4. The molecule has 0 aromatic heterocycles. The number of nitrogens with zero attached hydrogens (tertiary/aromatic N) is 2. The van der Waals surface area contributed by atoms with Crippen LogP contribution in [0.25, 0.3) is 0 Å². The van der Waals surface area contributed by atoms with Gasteiger partial charge in [-0.1, -0.05) is 6.42 Å². The minimum Gasteiger partial charge on any atom is -0.330 e. The Kier molecular flexibility index (Phi) is 5.58. The van der Waals surface area contributed by atoms with Crippen molar-refractivity contribution in [2.75, 3.05) is 40.3 Å². The van der Waals surface area contributed by atoms with Crippen LogP contribution in [0.2, 0.25) is 0 Å². The zero-order valence-electron chi connectivity index (χ0n) is 10.6. The van der Waals surface area contributed by atoms with Crippen molar-refractivity contribution in [3.8, 4) is 0 Å². The van der Waals surface area contributed by atoms with Crippen LogP contribution in [0.1, 0.15) is 26.2 Å². The number of likely N-dealkylation sites (tertiary alicyclic amines) is 1. The van der Waals surface area contributed by atoms with Crippen molar-refractivity contribution in [2.45, 2.75) is 32.2 Å². The second-order valence-corrected chi connectivity index (χ2v) is 5.07. The van der Waals surface area contributed by atoms with Gasteiger partial charge in [-0.15, -0.1) is 0 Å². The molecule has 1 rings (SSSR count). The molecule has 0 aromatic carbocycles. The average Bonchev–Trinajstić information content (AvgIpc) is 2.37. The Balaban J connectivity index is 2.45. The van der Waals surface area contributed by atoms with Gasteiger partial charge < -0.3 is 10.6 Å². The van der Waals surface area contributed by atoms with Crippen molar-refractivity contribution in [1.82, 2.24) is 9.80 Å². The lowest BCUT2D eigenvalue weighted by molar-refractivity contribution is 0.158. The topological polar surface area (TPSA) is 32.5 Å². The molecule has 3 nitrogen and oxygen atoms in total. The molecule has 1 aliphatic rings. The van der Waals surface area contributed by atoms with Gasteiger partial charge in [-0.2, -0.15) is 0 Å². The zero-order chi connectivity index (χ0) is 11.3.